The predicted molar refractivity (Wildman–Crippen MR) is 56.1 cm³/mol. The molecule has 0 aliphatic rings. The number of ether oxygens (including phenoxy) is 1. The number of hydrogen-bond donors (Lipinski definition) is 0. The van der Waals surface area contributed by atoms with E-state index in [4.69, 9.17) is 16.0 Å². The summed E-state index contributed by atoms with van der Waals surface area (Å²) in [4.78, 5) is 3.98. The van der Waals surface area contributed by atoms with Gasteiger partial charge in [0.15, 0.2) is 5.89 Å². The molecule has 0 amide bonds. The lowest BCUT2D eigenvalue weighted by molar-refractivity contribution is -0.173. The van der Waals surface area contributed by atoms with Gasteiger partial charge in [-0.3, -0.25) is 0 Å². The number of oxazole rings is 1. The topological polar surface area (TPSA) is 35.3 Å². The number of rotatable bonds is 7. The molecule has 0 saturated heterocycles. The normalized spacial score (nSPS) is 12.0. The lowest BCUT2D eigenvalue weighted by atomic mass is 10.3. The first kappa shape index (κ1) is 14.3. The Balaban J connectivity index is 2.21. The highest BCUT2D eigenvalue weighted by Crippen LogP contribution is 2.14. The van der Waals surface area contributed by atoms with Gasteiger partial charge in [-0.2, -0.15) is 13.2 Å². The second kappa shape index (κ2) is 6.86. The van der Waals surface area contributed by atoms with Crippen molar-refractivity contribution < 1.29 is 22.3 Å². The Morgan fingerprint density at radius 3 is 2.76 bits per heavy atom. The van der Waals surface area contributed by atoms with Crippen LogP contribution in [0.4, 0.5) is 13.2 Å². The Bertz CT molecular complexity index is 328. The van der Waals surface area contributed by atoms with Crippen molar-refractivity contribution in [2.75, 3.05) is 19.1 Å². The van der Waals surface area contributed by atoms with E-state index in [9.17, 15) is 13.2 Å². The van der Waals surface area contributed by atoms with Gasteiger partial charge in [-0.15, -0.1) is 11.6 Å². The molecule has 0 radical (unpaired) electrons. The van der Waals surface area contributed by atoms with Crippen LogP contribution in [-0.4, -0.2) is 30.3 Å². The molecule has 0 N–H and O–H groups in total. The van der Waals surface area contributed by atoms with E-state index in [1.165, 1.54) is 6.20 Å². The summed E-state index contributed by atoms with van der Waals surface area (Å²) in [6.45, 7) is -1.27. The maximum atomic E-state index is 11.8. The summed E-state index contributed by atoms with van der Waals surface area (Å²) < 4.78 is 45.0. The van der Waals surface area contributed by atoms with Crippen molar-refractivity contribution in [2.45, 2.75) is 25.4 Å². The quantitative estimate of drug-likeness (QED) is 0.565. The van der Waals surface area contributed by atoms with Crippen LogP contribution in [0.15, 0.2) is 10.6 Å². The Kier molecular flexibility index (Phi) is 5.77. The number of hydrogen-bond acceptors (Lipinski definition) is 3. The Morgan fingerprint density at radius 1 is 1.35 bits per heavy atom. The molecule has 0 aliphatic heterocycles. The molecule has 3 nitrogen and oxygen atoms in total. The van der Waals surface area contributed by atoms with E-state index in [0.717, 1.165) is 6.42 Å². The van der Waals surface area contributed by atoms with Crippen molar-refractivity contribution in [3.63, 3.8) is 0 Å². The zero-order chi connectivity index (χ0) is 12.7. The molecule has 1 aromatic heterocycles. The van der Waals surface area contributed by atoms with E-state index in [1.54, 1.807) is 0 Å². The summed E-state index contributed by atoms with van der Waals surface area (Å²) in [5.74, 6) is 1.60. The summed E-state index contributed by atoms with van der Waals surface area (Å²) >= 11 is 5.51. The third-order valence-electron chi connectivity index (χ3n) is 1.88. The first-order valence-corrected chi connectivity index (χ1v) is 5.69. The van der Waals surface area contributed by atoms with Gasteiger partial charge in [-0.05, 0) is 6.42 Å². The van der Waals surface area contributed by atoms with E-state index in [2.05, 4.69) is 9.72 Å². The molecular weight excluding hydrogens is 259 g/mol. The van der Waals surface area contributed by atoms with Crippen LogP contribution < -0.4 is 0 Å². The highest BCUT2D eigenvalue weighted by Gasteiger charge is 2.27. The molecule has 0 saturated carbocycles. The Labute approximate surface area is 102 Å². The highest BCUT2D eigenvalue weighted by molar-refractivity contribution is 6.17. The summed E-state index contributed by atoms with van der Waals surface area (Å²) in [7, 11) is 0. The molecule has 0 atom stereocenters. The van der Waals surface area contributed by atoms with Gasteiger partial charge in [0.25, 0.3) is 0 Å². The van der Waals surface area contributed by atoms with Crippen molar-refractivity contribution >= 4 is 11.6 Å². The van der Waals surface area contributed by atoms with Crippen LogP contribution >= 0.6 is 11.6 Å². The molecule has 98 valence electrons. The summed E-state index contributed by atoms with van der Waals surface area (Å²) in [5, 5.41) is 0. The zero-order valence-corrected chi connectivity index (χ0v) is 9.85. The third-order valence-corrected chi connectivity index (χ3v) is 2.15. The van der Waals surface area contributed by atoms with Gasteiger partial charge in [0, 0.05) is 18.7 Å². The van der Waals surface area contributed by atoms with Gasteiger partial charge in [0.05, 0.1) is 12.8 Å². The maximum Gasteiger partial charge on any atom is 0.411 e. The lowest BCUT2D eigenvalue weighted by Crippen LogP contribution is -2.17. The molecule has 7 heteroatoms. The molecule has 1 rings (SSSR count). The van der Waals surface area contributed by atoms with Crippen LogP contribution in [0.3, 0.4) is 0 Å². The van der Waals surface area contributed by atoms with E-state index in [0.29, 0.717) is 24.0 Å². The molecular formula is C10H13ClF3NO2. The summed E-state index contributed by atoms with van der Waals surface area (Å²) in [5.41, 5.74) is 0. The van der Waals surface area contributed by atoms with Crippen LogP contribution in [0.2, 0.25) is 0 Å². The fraction of sp³-hybridized carbons (Fsp3) is 0.700. The molecule has 0 unspecified atom stereocenters. The fourth-order valence-corrected chi connectivity index (χ4v) is 1.29. The van der Waals surface area contributed by atoms with E-state index >= 15 is 0 Å². The molecule has 1 aromatic rings. The first-order chi connectivity index (χ1) is 8.01. The largest absolute Gasteiger partial charge is 0.446 e. The van der Waals surface area contributed by atoms with Crippen LogP contribution in [0.25, 0.3) is 0 Å². The van der Waals surface area contributed by atoms with Crippen molar-refractivity contribution in [2.24, 2.45) is 0 Å². The van der Waals surface area contributed by atoms with Crippen LogP contribution in [0, 0.1) is 0 Å². The second-order valence-corrected chi connectivity index (χ2v) is 3.81. The highest BCUT2D eigenvalue weighted by atomic mass is 35.5. The minimum Gasteiger partial charge on any atom is -0.446 e. The summed E-state index contributed by atoms with van der Waals surface area (Å²) in [6.07, 6.45) is -1.11. The van der Waals surface area contributed by atoms with Crippen LogP contribution in [0.5, 0.6) is 0 Å². The Hall–Kier alpha value is -0.750. The Morgan fingerprint density at radius 2 is 2.12 bits per heavy atom. The summed E-state index contributed by atoms with van der Waals surface area (Å²) in [6, 6.07) is 0. The van der Waals surface area contributed by atoms with Crippen LogP contribution in [0.1, 0.15) is 18.1 Å². The zero-order valence-electron chi connectivity index (χ0n) is 9.10. The van der Waals surface area contributed by atoms with Gasteiger partial charge in [0.1, 0.15) is 12.4 Å². The molecule has 0 bridgehead atoms. The average Bonchev–Trinajstić information content (AvgIpc) is 2.68. The lowest BCUT2D eigenvalue weighted by Gasteiger charge is -2.05. The number of alkyl halides is 4. The second-order valence-electron chi connectivity index (χ2n) is 3.43. The van der Waals surface area contributed by atoms with Gasteiger partial charge < -0.3 is 9.15 Å². The van der Waals surface area contributed by atoms with Crippen molar-refractivity contribution in [3.05, 3.63) is 17.8 Å². The van der Waals surface area contributed by atoms with Gasteiger partial charge >= 0.3 is 6.18 Å². The number of halogens is 4. The molecule has 17 heavy (non-hydrogen) atoms. The average molecular weight is 272 g/mol. The van der Waals surface area contributed by atoms with Gasteiger partial charge in [-0.1, -0.05) is 0 Å². The number of aryl methyl sites for hydroxylation is 1. The van der Waals surface area contributed by atoms with Crippen molar-refractivity contribution in [1.29, 1.82) is 0 Å². The fourth-order valence-electron chi connectivity index (χ4n) is 1.16. The van der Waals surface area contributed by atoms with E-state index in [-0.39, 0.29) is 13.0 Å². The monoisotopic (exact) mass is 271 g/mol. The van der Waals surface area contributed by atoms with Crippen molar-refractivity contribution in [3.8, 4) is 0 Å². The number of aromatic nitrogens is 1. The van der Waals surface area contributed by atoms with E-state index in [1.807, 2.05) is 0 Å². The molecule has 0 spiro atoms. The molecule has 0 aromatic carbocycles. The van der Waals surface area contributed by atoms with Gasteiger partial charge in [-0.25, -0.2) is 4.98 Å². The standard InChI is InChI=1S/C10H13ClF3NO2/c11-4-1-2-9-15-6-8(17-9)3-5-16-7-10(12,13)14/h6H,1-5,7H2. The molecule has 0 aliphatic carbocycles. The molecule has 0 fully saturated rings. The van der Waals surface area contributed by atoms with Gasteiger partial charge in [0.2, 0.25) is 0 Å². The minimum atomic E-state index is -4.28. The third kappa shape index (κ3) is 6.53. The maximum absolute atomic E-state index is 11.8. The minimum absolute atomic E-state index is 0.0380. The van der Waals surface area contributed by atoms with E-state index < -0.39 is 12.8 Å². The van der Waals surface area contributed by atoms with Crippen molar-refractivity contribution in [1.82, 2.24) is 4.98 Å². The van der Waals surface area contributed by atoms with Crippen LogP contribution in [-0.2, 0) is 17.6 Å². The predicted octanol–water partition coefficient (Wildman–Crippen LogP) is 2.97. The SMILES string of the molecule is FC(F)(F)COCCc1cnc(CCCCl)o1. The number of nitrogens with zero attached hydrogens (tertiary/aromatic N) is 1. The smallest absolute Gasteiger partial charge is 0.411 e. The molecule has 1 heterocycles. The first-order valence-electron chi connectivity index (χ1n) is 5.15.